The maximum absolute atomic E-state index is 13.0. The van der Waals surface area contributed by atoms with Gasteiger partial charge in [0.05, 0.1) is 10.6 Å². The maximum Gasteiger partial charge on any atom is 0.490 e. The van der Waals surface area contributed by atoms with E-state index < -0.39 is 32.2 Å². The summed E-state index contributed by atoms with van der Waals surface area (Å²) in [6, 6.07) is 6.41. The van der Waals surface area contributed by atoms with Gasteiger partial charge >= 0.3 is 12.1 Å². The van der Waals surface area contributed by atoms with Gasteiger partial charge in [-0.05, 0) is 36.6 Å². The first-order valence-electron chi connectivity index (χ1n) is 10.3. The Bertz CT molecular complexity index is 997. The van der Waals surface area contributed by atoms with Crippen molar-refractivity contribution in [3.05, 3.63) is 28.7 Å². The Morgan fingerprint density at radius 3 is 2.06 bits per heavy atom. The fraction of sp³-hybridized carbons (Fsp3) is 0.632. The Kier molecular flexibility index (Phi) is 11.9. The van der Waals surface area contributed by atoms with E-state index in [1.54, 1.807) is 12.1 Å². The molecule has 0 bridgehead atoms. The molecular weight excluding hydrogens is 567 g/mol. The highest BCUT2D eigenvalue weighted by Crippen LogP contribution is 2.20. The predicted molar refractivity (Wildman–Crippen MR) is 124 cm³/mol. The number of piperazine rings is 1. The number of carboxylic acids is 1. The summed E-state index contributed by atoms with van der Waals surface area (Å²) in [6.07, 6.45) is -4.41. The fourth-order valence-corrected chi connectivity index (χ4v) is 6.06. The standard InChI is InChI=1S/C17H28BrN3O4S2.C2HF3O2/c1-15(2)7-10-21(27(24,25)17-5-3-16(18)4-6-17)13-14-26(22,23)20-11-8-19-9-12-20;3-2(4,5)1(6)7/h3-6,15,19H,7-14H2,1-2H3;(H,6,7). The van der Waals surface area contributed by atoms with Gasteiger partial charge in [0.2, 0.25) is 20.0 Å². The van der Waals surface area contributed by atoms with Crippen molar-refractivity contribution in [1.29, 1.82) is 0 Å². The van der Waals surface area contributed by atoms with Gasteiger partial charge in [0, 0.05) is 43.7 Å². The van der Waals surface area contributed by atoms with Crippen molar-refractivity contribution in [3.8, 4) is 0 Å². The summed E-state index contributed by atoms with van der Waals surface area (Å²) in [5.74, 6) is -2.65. The first-order chi connectivity index (χ1) is 15.6. The van der Waals surface area contributed by atoms with Gasteiger partial charge in [0.25, 0.3) is 0 Å². The summed E-state index contributed by atoms with van der Waals surface area (Å²) < 4.78 is 86.6. The highest BCUT2D eigenvalue weighted by Gasteiger charge is 2.38. The Labute approximate surface area is 206 Å². The molecule has 1 aromatic rings. The molecule has 34 heavy (non-hydrogen) atoms. The van der Waals surface area contributed by atoms with Crippen LogP contribution in [0.25, 0.3) is 0 Å². The van der Waals surface area contributed by atoms with Crippen LogP contribution in [0.5, 0.6) is 0 Å². The molecule has 0 atom stereocenters. The van der Waals surface area contributed by atoms with E-state index in [-0.39, 0.29) is 17.2 Å². The summed E-state index contributed by atoms with van der Waals surface area (Å²) in [7, 11) is -7.24. The predicted octanol–water partition coefficient (Wildman–Crippen LogP) is 2.35. The van der Waals surface area contributed by atoms with E-state index in [0.717, 1.165) is 4.47 Å². The number of halogens is 4. The van der Waals surface area contributed by atoms with Crippen molar-refractivity contribution in [2.75, 3.05) is 45.0 Å². The zero-order valence-corrected chi connectivity index (χ0v) is 22.0. The van der Waals surface area contributed by atoms with E-state index in [4.69, 9.17) is 9.90 Å². The van der Waals surface area contributed by atoms with E-state index in [0.29, 0.717) is 45.1 Å². The van der Waals surface area contributed by atoms with Gasteiger partial charge in [-0.15, -0.1) is 0 Å². The first-order valence-corrected chi connectivity index (χ1v) is 14.2. The second-order valence-electron chi connectivity index (χ2n) is 7.81. The molecule has 1 fully saturated rings. The smallest absolute Gasteiger partial charge is 0.475 e. The number of hydrogen-bond donors (Lipinski definition) is 2. The Balaban J connectivity index is 0.000000718. The van der Waals surface area contributed by atoms with E-state index in [2.05, 4.69) is 21.2 Å². The Morgan fingerprint density at radius 2 is 1.62 bits per heavy atom. The summed E-state index contributed by atoms with van der Waals surface area (Å²) in [4.78, 5) is 9.07. The van der Waals surface area contributed by atoms with Crippen LogP contribution in [0.15, 0.2) is 33.6 Å². The second kappa shape index (κ2) is 13.2. The fourth-order valence-electron chi connectivity index (χ4n) is 2.78. The van der Waals surface area contributed by atoms with Gasteiger partial charge in [-0.1, -0.05) is 29.8 Å². The summed E-state index contributed by atoms with van der Waals surface area (Å²) in [5, 5.41) is 10.2. The molecular formula is C19H29BrF3N3O6S2. The Morgan fingerprint density at radius 1 is 1.12 bits per heavy atom. The zero-order valence-electron chi connectivity index (χ0n) is 18.8. The van der Waals surface area contributed by atoms with Gasteiger partial charge in [-0.3, -0.25) is 0 Å². The molecule has 0 radical (unpaired) electrons. The normalized spacial score (nSPS) is 15.8. The summed E-state index contributed by atoms with van der Waals surface area (Å²) in [6.45, 7) is 6.37. The number of aliphatic carboxylic acids is 1. The maximum atomic E-state index is 13.0. The van der Waals surface area contributed by atoms with Crippen LogP contribution >= 0.6 is 15.9 Å². The number of benzene rings is 1. The molecule has 0 spiro atoms. The van der Waals surface area contributed by atoms with Crippen molar-refractivity contribution in [1.82, 2.24) is 13.9 Å². The van der Waals surface area contributed by atoms with Crippen molar-refractivity contribution >= 4 is 41.9 Å². The quantitative estimate of drug-likeness (QED) is 0.449. The SMILES string of the molecule is CC(C)CCN(CCS(=O)(=O)N1CCNCC1)S(=O)(=O)c1ccc(Br)cc1.O=C(O)C(F)(F)F. The molecule has 196 valence electrons. The number of carbonyl (C=O) groups is 1. The highest BCUT2D eigenvalue weighted by molar-refractivity contribution is 9.10. The van der Waals surface area contributed by atoms with Crippen LogP contribution in [0.2, 0.25) is 0 Å². The molecule has 0 amide bonds. The third-order valence-corrected chi connectivity index (χ3v) is 9.01. The Hall–Kier alpha value is -1.26. The molecule has 1 aliphatic heterocycles. The third kappa shape index (κ3) is 10.2. The van der Waals surface area contributed by atoms with E-state index in [9.17, 15) is 30.0 Å². The van der Waals surface area contributed by atoms with Gasteiger partial charge in [-0.2, -0.15) is 21.8 Å². The number of nitrogens with zero attached hydrogens (tertiary/aromatic N) is 2. The van der Waals surface area contributed by atoms with Crippen molar-refractivity contribution in [2.45, 2.75) is 31.3 Å². The molecule has 2 N–H and O–H groups in total. The molecule has 0 unspecified atom stereocenters. The molecule has 9 nitrogen and oxygen atoms in total. The lowest BCUT2D eigenvalue weighted by Crippen LogP contribution is -2.48. The minimum Gasteiger partial charge on any atom is -0.475 e. The molecule has 0 aromatic heterocycles. The number of hydrogen-bond acceptors (Lipinski definition) is 6. The van der Waals surface area contributed by atoms with Crippen LogP contribution in [0.1, 0.15) is 20.3 Å². The lowest BCUT2D eigenvalue weighted by Gasteiger charge is -2.28. The van der Waals surface area contributed by atoms with Crippen molar-refractivity contribution < 1.29 is 39.9 Å². The van der Waals surface area contributed by atoms with E-state index in [1.165, 1.54) is 20.7 Å². The molecule has 1 aliphatic rings. The van der Waals surface area contributed by atoms with Crippen LogP contribution in [0.3, 0.4) is 0 Å². The van der Waals surface area contributed by atoms with Crippen LogP contribution in [0, 0.1) is 5.92 Å². The number of nitrogens with one attached hydrogen (secondary N) is 1. The molecule has 0 saturated carbocycles. The highest BCUT2D eigenvalue weighted by atomic mass is 79.9. The van der Waals surface area contributed by atoms with Crippen molar-refractivity contribution in [3.63, 3.8) is 0 Å². The molecule has 2 rings (SSSR count). The topological polar surface area (TPSA) is 124 Å². The van der Waals surface area contributed by atoms with Crippen molar-refractivity contribution in [2.24, 2.45) is 5.92 Å². The molecule has 1 saturated heterocycles. The van der Waals surface area contributed by atoms with E-state index in [1.807, 2.05) is 13.8 Å². The lowest BCUT2D eigenvalue weighted by molar-refractivity contribution is -0.192. The number of alkyl halides is 3. The molecule has 1 heterocycles. The number of rotatable bonds is 9. The number of carboxylic acid groups (broad SMARTS) is 1. The van der Waals surface area contributed by atoms with Gasteiger partial charge < -0.3 is 10.4 Å². The van der Waals surface area contributed by atoms with E-state index >= 15 is 0 Å². The first kappa shape index (κ1) is 30.8. The lowest BCUT2D eigenvalue weighted by atomic mass is 10.1. The minimum absolute atomic E-state index is 0.0443. The number of sulfonamides is 2. The summed E-state index contributed by atoms with van der Waals surface area (Å²) >= 11 is 3.30. The van der Waals surface area contributed by atoms with Gasteiger partial charge in [0.15, 0.2) is 0 Å². The van der Waals surface area contributed by atoms with Crippen LogP contribution in [0.4, 0.5) is 13.2 Å². The second-order valence-corrected chi connectivity index (χ2v) is 12.8. The summed E-state index contributed by atoms with van der Waals surface area (Å²) in [5.41, 5.74) is 0. The average molecular weight is 596 g/mol. The van der Waals surface area contributed by atoms with Crippen LogP contribution < -0.4 is 5.32 Å². The largest absolute Gasteiger partial charge is 0.490 e. The molecule has 15 heteroatoms. The van der Waals surface area contributed by atoms with Gasteiger partial charge in [-0.25, -0.2) is 21.6 Å². The van der Waals surface area contributed by atoms with Gasteiger partial charge in [0.1, 0.15) is 0 Å². The zero-order chi connectivity index (χ0) is 26.2. The van der Waals surface area contributed by atoms with Crippen LogP contribution in [-0.4, -0.2) is 87.7 Å². The molecule has 0 aliphatic carbocycles. The molecule has 1 aromatic carbocycles. The monoisotopic (exact) mass is 595 g/mol. The minimum atomic E-state index is -5.08. The third-order valence-electron chi connectivity index (χ3n) is 4.72. The van der Waals surface area contributed by atoms with Crippen LogP contribution in [-0.2, 0) is 24.8 Å². The average Bonchev–Trinajstić information content (AvgIpc) is 2.74.